The smallest absolute Gasteiger partial charge is 0.331 e. The van der Waals surface area contributed by atoms with Crippen LogP contribution in [0.5, 0.6) is 0 Å². The van der Waals surface area contributed by atoms with Gasteiger partial charge in [0.25, 0.3) is 0 Å². The van der Waals surface area contributed by atoms with Crippen molar-refractivity contribution in [3.05, 3.63) is 23.8 Å². The van der Waals surface area contributed by atoms with Gasteiger partial charge in [-0.15, -0.1) is 0 Å². The quantitative estimate of drug-likeness (QED) is 0.435. The van der Waals surface area contributed by atoms with Crippen molar-refractivity contribution in [2.45, 2.75) is 58.5 Å². The topological polar surface area (TPSA) is 98.0 Å². The molecular formula is C20H32O5. The van der Waals surface area contributed by atoms with Crippen LogP contribution in [0, 0.1) is 22.7 Å². The first kappa shape index (κ1) is 20.1. The Kier molecular flexibility index (Phi) is 6.13. The summed E-state index contributed by atoms with van der Waals surface area (Å²) in [5.41, 5.74) is 0.753. The Hall–Kier alpha value is -1.17. The van der Waals surface area contributed by atoms with Gasteiger partial charge in [-0.2, -0.15) is 0 Å². The number of carboxylic acid groups (broad SMARTS) is 1. The molecule has 5 nitrogen and oxygen atoms in total. The Bertz CT molecular complexity index is 554. The second-order valence-corrected chi connectivity index (χ2v) is 8.28. The SMILES string of the molecule is C=C1CCC2[C@](C)(CO)[C@H](O)CC[C@@]2(C)[C@@H]1CC/C(=C/CO)C(=O)O. The van der Waals surface area contributed by atoms with Crippen LogP contribution in [-0.2, 0) is 4.79 Å². The van der Waals surface area contributed by atoms with E-state index in [0.29, 0.717) is 19.3 Å². The third-order valence-corrected chi connectivity index (χ3v) is 7.01. The molecule has 0 aliphatic heterocycles. The van der Waals surface area contributed by atoms with Crippen LogP contribution >= 0.6 is 0 Å². The lowest BCUT2D eigenvalue weighted by Gasteiger charge is -2.60. The highest BCUT2D eigenvalue weighted by Gasteiger charge is 2.57. The van der Waals surface area contributed by atoms with Crippen LogP contribution in [0.15, 0.2) is 23.8 Å². The average Bonchev–Trinajstić information content (AvgIpc) is 2.56. The summed E-state index contributed by atoms with van der Waals surface area (Å²) in [4.78, 5) is 11.3. The zero-order valence-corrected chi connectivity index (χ0v) is 15.4. The first-order valence-corrected chi connectivity index (χ1v) is 9.20. The van der Waals surface area contributed by atoms with Crippen LogP contribution in [-0.4, -0.2) is 45.7 Å². The molecule has 0 amide bonds. The summed E-state index contributed by atoms with van der Waals surface area (Å²) in [5, 5.41) is 38.8. The number of hydrogen-bond acceptors (Lipinski definition) is 4. The van der Waals surface area contributed by atoms with Crippen LogP contribution in [0.3, 0.4) is 0 Å². The van der Waals surface area contributed by atoms with Crippen molar-refractivity contribution in [2.24, 2.45) is 22.7 Å². The van der Waals surface area contributed by atoms with E-state index in [1.165, 1.54) is 6.08 Å². The van der Waals surface area contributed by atoms with E-state index in [0.717, 1.165) is 24.8 Å². The summed E-state index contributed by atoms with van der Waals surface area (Å²) >= 11 is 0. The maximum Gasteiger partial charge on any atom is 0.331 e. The normalized spacial score (nSPS) is 39.2. The Morgan fingerprint density at radius 2 is 2.00 bits per heavy atom. The lowest BCUT2D eigenvalue weighted by Crippen LogP contribution is -2.57. The summed E-state index contributed by atoms with van der Waals surface area (Å²) < 4.78 is 0. The zero-order valence-electron chi connectivity index (χ0n) is 15.4. The molecule has 2 rings (SSSR count). The molecule has 0 heterocycles. The van der Waals surface area contributed by atoms with Crippen LogP contribution in [0.25, 0.3) is 0 Å². The molecule has 25 heavy (non-hydrogen) atoms. The molecule has 142 valence electrons. The number of rotatable bonds is 6. The molecule has 0 radical (unpaired) electrons. The van der Waals surface area contributed by atoms with Gasteiger partial charge < -0.3 is 20.4 Å². The highest BCUT2D eigenvalue weighted by Crippen LogP contribution is 2.61. The second kappa shape index (κ2) is 7.60. The van der Waals surface area contributed by atoms with E-state index in [2.05, 4.69) is 13.5 Å². The molecule has 2 aliphatic rings. The molecule has 0 saturated heterocycles. The van der Waals surface area contributed by atoms with Gasteiger partial charge in [-0.05, 0) is 61.9 Å². The van der Waals surface area contributed by atoms with Gasteiger partial charge in [0, 0.05) is 11.0 Å². The van der Waals surface area contributed by atoms with Crippen molar-refractivity contribution in [1.29, 1.82) is 0 Å². The summed E-state index contributed by atoms with van der Waals surface area (Å²) in [6.45, 7) is 8.12. The molecule has 0 aromatic heterocycles. The monoisotopic (exact) mass is 352 g/mol. The number of aliphatic carboxylic acids is 1. The molecule has 5 atom stereocenters. The van der Waals surface area contributed by atoms with Crippen molar-refractivity contribution in [3.8, 4) is 0 Å². The molecule has 2 fully saturated rings. The number of aliphatic hydroxyl groups is 3. The van der Waals surface area contributed by atoms with E-state index in [1.807, 2.05) is 6.92 Å². The summed E-state index contributed by atoms with van der Waals surface area (Å²) in [6, 6.07) is 0. The lowest BCUT2D eigenvalue weighted by atomic mass is 9.46. The third-order valence-electron chi connectivity index (χ3n) is 7.01. The number of carboxylic acids is 1. The summed E-state index contributed by atoms with van der Waals surface area (Å²) in [7, 11) is 0. The molecule has 0 aromatic rings. The van der Waals surface area contributed by atoms with Crippen molar-refractivity contribution in [3.63, 3.8) is 0 Å². The minimum atomic E-state index is -0.989. The molecule has 0 spiro atoms. The zero-order chi connectivity index (χ0) is 18.8. The maximum atomic E-state index is 11.3. The van der Waals surface area contributed by atoms with Gasteiger partial charge in [-0.1, -0.05) is 26.0 Å². The van der Waals surface area contributed by atoms with Crippen LogP contribution < -0.4 is 0 Å². The number of allylic oxidation sites excluding steroid dienone is 1. The Morgan fingerprint density at radius 1 is 1.32 bits per heavy atom. The highest BCUT2D eigenvalue weighted by molar-refractivity contribution is 5.86. The van der Waals surface area contributed by atoms with Gasteiger partial charge in [0.05, 0.1) is 19.3 Å². The Balaban J connectivity index is 2.26. The Labute approximate surface area is 150 Å². The van der Waals surface area contributed by atoms with Crippen molar-refractivity contribution >= 4 is 5.97 Å². The minimum Gasteiger partial charge on any atom is -0.478 e. The first-order valence-electron chi connectivity index (χ1n) is 9.20. The standard InChI is InChI=1S/C20H32O5/c1-13-4-7-16-19(2,10-8-17(23)20(16,3)12-22)15(13)6-5-14(9-11-21)18(24)25/h9,15-17,21-23H,1,4-8,10-12H2,2-3H3,(H,24,25)/b14-9-/t15-,16?,17-,19+,20+/m1/s1. The van der Waals surface area contributed by atoms with Crippen LogP contribution in [0.4, 0.5) is 0 Å². The van der Waals surface area contributed by atoms with Crippen molar-refractivity contribution < 1.29 is 25.2 Å². The number of carbonyl (C=O) groups is 1. The number of hydrogen-bond donors (Lipinski definition) is 4. The van der Waals surface area contributed by atoms with E-state index in [4.69, 9.17) is 5.11 Å². The molecular weight excluding hydrogens is 320 g/mol. The predicted octanol–water partition coefficient (Wildman–Crippen LogP) is 2.51. The van der Waals surface area contributed by atoms with Gasteiger partial charge in [-0.3, -0.25) is 0 Å². The van der Waals surface area contributed by atoms with Gasteiger partial charge in [0.15, 0.2) is 0 Å². The maximum absolute atomic E-state index is 11.3. The minimum absolute atomic E-state index is 0.0432. The average molecular weight is 352 g/mol. The fourth-order valence-electron chi connectivity index (χ4n) is 5.44. The summed E-state index contributed by atoms with van der Waals surface area (Å²) in [6.07, 6.45) is 5.15. The summed E-state index contributed by atoms with van der Waals surface area (Å²) in [5.74, 6) is -0.651. The van der Waals surface area contributed by atoms with Crippen LogP contribution in [0.1, 0.15) is 52.4 Å². The number of aliphatic hydroxyl groups excluding tert-OH is 3. The van der Waals surface area contributed by atoms with Crippen molar-refractivity contribution in [2.75, 3.05) is 13.2 Å². The van der Waals surface area contributed by atoms with Gasteiger partial charge >= 0.3 is 5.97 Å². The van der Waals surface area contributed by atoms with E-state index in [1.54, 1.807) is 0 Å². The van der Waals surface area contributed by atoms with Crippen molar-refractivity contribution in [1.82, 2.24) is 0 Å². The van der Waals surface area contributed by atoms with Gasteiger partial charge in [-0.25, -0.2) is 4.79 Å². The number of fused-ring (bicyclic) bond motifs is 1. The molecule has 0 aromatic carbocycles. The molecule has 2 saturated carbocycles. The molecule has 0 bridgehead atoms. The highest BCUT2D eigenvalue weighted by atomic mass is 16.4. The van der Waals surface area contributed by atoms with Gasteiger partial charge in [0.1, 0.15) is 0 Å². The van der Waals surface area contributed by atoms with E-state index in [-0.39, 0.29) is 36.0 Å². The van der Waals surface area contributed by atoms with E-state index in [9.17, 15) is 20.1 Å². The Morgan fingerprint density at radius 3 is 2.56 bits per heavy atom. The third kappa shape index (κ3) is 3.55. The second-order valence-electron chi connectivity index (χ2n) is 8.28. The fraction of sp³-hybridized carbons (Fsp3) is 0.750. The molecule has 1 unspecified atom stereocenters. The molecule has 2 aliphatic carbocycles. The molecule has 4 N–H and O–H groups in total. The van der Waals surface area contributed by atoms with Gasteiger partial charge in [0.2, 0.25) is 0 Å². The fourth-order valence-corrected chi connectivity index (χ4v) is 5.44. The first-order chi connectivity index (χ1) is 11.7. The lowest BCUT2D eigenvalue weighted by molar-refractivity contribution is -0.152. The molecule has 5 heteroatoms. The predicted molar refractivity (Wildman–Crippen MR) is 95.9 cm³/mol. The van der Waals surface area contributed by atoms with Crippen LogP contribution in [0.2, 0.25) is 0 Å². The largest absolute Gasteiger partial charge is 0.478 e. The van der Waals surface area contributed by atoms with E-state index < -0.39 is 17.5 Å². The van der Waals surface area contributed by atoms with E-state index >= 15 is 0 Å².